The summed E-state index contributed by atoms with van der Waals surface area (Å²) < 4.78 is 11.8. The van der Waals surface area contributed by atoms with E-state index in [1.165, 1.54) is 0 Å². The van der Waals surface area contributed by atoms with Gasteiger partial charge in [0.25, 0.3) is 0 Å². The number of rotatable bonds is 8. The van der Waals surface area contributed by atoms with E-state index >= 15 is 0 Å². The van der Waals surface area contributed by atoms with E-state index in [9.17, 15) is 9.90 Å². The van der Waals surface area contributed by atoms with Crippen molar-refractivity contribution in [2.75, 3.05) is 31.0 Å². The molecule has 0 saturated heterocycles. The first-order chi connectivity index (χ1) is 17.3. The normalized spacial score (nSPS) is 15.9. The summed E-state index contributed by atoms with van der Waals surface area (Å²) in [5.74, 6) is 1.19. The van der Waals surface area contributed by atoms with Crippen LogP contribution in [0.2, 0.25) is 5.02 Å². The number of carbonyl (C=O) groups excluding carboxylic acids is 1. The Bertz CT molecular complexity index is 1240. The molecule has 6 nitrogen and oxygen atoms in total. The van der Waals surface area contributed by atoms with Crippen LogP contribution in [0.4, 0.5) is 11.4 Å². The van der Waals surface area contributed by atoms with Gasteiger partial charge in [0, 0.05) is 30.5 Å². The van der Waals surface area contributed by atoms with E-state index in [1.807, 2.05) is 73.3 Å². The number of hydrogen-bond donors (Lipinski definition) is 1. The Labute approximate surface area is 218 Å². The summed E-state index contributed by atoms with van der Waals surface area (Å²) in [5.41, 5.74) is 5.11. The summed E-state index contributed by atoms with van der Waals surface area (Å²) >= 11 is 6.27. The molecule has 3 aromatic rings. The van der Waals surface area contributed by atoms with Crippen molar-refractivity contribution in [1.82, 2.24) is 0 Å². The Morgan fingerprint density at radius 3 is 2.42 bits per heavy atom. The zero-order valence-corrected chi connectivity index (χ0v) is 22.2. The molecule has 36 heavy (non-hydrogen) atoms. The van der Waals surface area contributed by atoms with E-state index < -0.39 is 6.04 Å². The van der Waals surface area contributed by atoms with E-state index in [0.29, 0.717) is 22.1 Å². The van der Waals surface area contributed by atoms with Crippen LogP contribution in [-0.2, 0) is 17.8 Å². The summed E-state index contributed by atoms with van der Waals surface area (Å²) in [4.78, 5) is 17.5. The predicted molar refractivity (Wildman–Crippen MR) is 145 cm³/mol. The number of amides is 1. The maximum absolute atomic E-state index is 13.7. The number of aliphatic hydroxyl groups excluding tert-OH is 1. The van der Waals surface area contributed by atoms with Crippen molar-refractivity contribution in [3.63, 3.8) is 0 Å². The molecule has 1 heterocycles. The van der Waals surface area contributed by atoms with Gasteiger partial charge >= 0.3 is 0 Å². The average Bonchev–Trinajstić information content (AvgIpc) is 2.87. The van der Waals surface area contributed by atoms with E-state index in [1.54, 1.807) is 19.2 Å². The van der Waals surface area contributed by atoms with E-state index in [0.717, 1.165) is 34.5 Å². The molecule has 0 aromatic heterocycles. The highest BCUT2D eigenvalue weighted by Crippen LogP contribution is 2.45. The Kier molecular flexibility index (Phi) is 7.76. The molecule has 4 rings (SSSR count). The minimum Gasteiger partial charge on any atom is -0.493 e. The molecule has 0 spiro atoms. The molecule has 190 valence electrons. The quantitative estimate of drug-likeness (QED) is 0.419. The number of benzene rings is 3. The average molecular weight is 509 g/mol. The number of anilines is 2. The molecular weight excluding hydrogens is 476 g/mol. The smallest absolute Gasteiger partial charge is 0.232 e. The third-order valence-electron chi connectivity index (χ3n) is 6.71. The first-order valence-electron chi connectivity index (χ1n) is 12.1. The van der Waals surface area contributed by atoms with Crippen molar-refractivity contribution in [1.29, 1.82) is 0 Å². The van der Waals surface area contributed by atoms with Crippen LogP contribution in [0.1, 0.15) is 48.6 Å². The summed E-state index contributed by atoms with van der Waals surface area (Å²) in [6.45, 7) is 3.88. The number of fused-ring (bicyclic) bond motifs is 1. The van der Waals surface area contributed by atoms with Crippen LogP contribution in [0.5, 0.6) is 11.5 Å². The van der Waals surface area contributed by atoms with Gasteiger partial charge in [0.2, 0.25) is 5.91 Å². The minimum atomic E-state index is -0.476. The van der Waals surface area contributed by atoms with Crippen LogP contribution in [0, 0.1) is 0 Å². The zero-order chi connectivity index (χ0) is 26.0. The molecule has 3 aromatic carbocycles. The molecule has 2 atom stereocenters. The van der Waals surface area contributed by atoms with Gasteiger partial charge in [0.05, 0.1) is 32.3 Å². The van der Waals surface area contributed by atoms with Gasteiger partial charge < -0.3 is 24.4 Å². The monoisotopic (exact) mass is 508 g/mol. The fraction of sp³-hybridized carbons (Fsp3) is 0.345. The van der Waals surface area contributed by atoms with E-state index in [-0.39, 0.29) is 25.0 Å². The van der Waals surface area contributed by atoms with Crippen molar-refractivity contribution in [3.05, 3.63) is 81.9 Å². The largest absolute Gasteiger partial charge is 0.493 e. The lowest BCUT2D eigenvalue weighted by Crippen LogP contribution is -2.41. The predicted octanol–water partition coefficient (Wildman–Crippen LogP) is 5.76. The molecule has 0 radical (unpaired) electrons. The van der Waals surface area contributed by atoms with Gasteiger partial charge in [-0.2, -0.15) is 0 Å². The van der Waals surface area contributed by atoms with E-state index in [2.05, 4.69) is 6.92 Å². The number of aliphatic hydroxyl groups is 1. The van der Waals surface area contributed by atoms with Gasteiger partial charge in [-0.3, -0.25) is 4.79 Å². The van der Waals surface area contributed by atoms with Crippen molar-refractivity contribution >= 4 is 28.9 Å². The highest BCUT2D eigenvalue weighted by Gasteiger charge is 2.37. The molecule has 1 amide bonds. The standard InChI is InChI=1S/C29H33ClN2O4/c1-6-18(2)36-27-16-25-19(14-26(27)35-5)15-28(34)32(23-10-8-22(9-11-23)31(3)4)29(25)24-12-7-21(30)13-20(24)17-33/h7-14,16,18,29,33H,6,15,17H2,1-5H3. The van der Waals surface area contributed by atoms with Gasteiger partial charge in [-0.25, -0.2) is 0 Å². The second-order valence-corrected chi connectivity index (χ2v) is 9.73. The van der Waals surface area contributed by atoms with Gasteiger partial charge in [0.15, 0.2) is 11.5 Å². The topological polar surface area (TPSA) is 62.2 Å². The lowest BCUT2D eigenvalue weighted by atomic mass is 9.85. The molecule has 0 aliphatic carbocycles. The molecule has 1 aliphatic heterocycles. The van der Waals surface area contributed by atoms with Crippen LogP contribution in [0.15, 0.2) is 54.6 Å². The molecule has 2 unspecified atom stereocenters. The SMILES string of the molecule is CCC(C)Oc1cc2c(cc1OC)CC(=O)N(c1ccc(N(C)C)cc1)C2c1ccc(Cl)cc1CO. The molecular formula is C29H33ClN2O4. The second kappa shape index (κ2) is 10.8. The van der Waals surface area contributed by atoms with Gasteiger partial charge in [-0.15, -0.1) is 0 Å². The van der Waals surface area contributed by atoms with Gasteiger partial charge in [-0.1, -0.05) is 24.6 Å². The van der Waals surface area contributed by atoms with Crippen LogP contribution in [0.25, 0.3) is 0 Å². The molecule has 1 aliphatic rings. The molecule has 1 N–H and O–H groups in total. The Balaban J connectivity index is 1.94. The maximum Gasteiger partial charge on any atom is 0.232 e. The lowest BCUT2D eigenvalue weighted by molar-refractivity contribution is -0.118. The highest BCUT2D eigenvalue weighted by atomic mass is 35.5. The van der Waals surface area contributed by atoms with Gasteiger partial charge in [0.1, 0.15) is 0 Å². The van der Waals surface area contributed by atoms with Crippen molar-refractivity contribution < 1.29 is 19.4 Å². The summed E-state index contributed by atoms with van der Waals surface area (Å²) in [7, 11) is 5.57. The minimum absolute atomic E-state index is 0.00108. The van der Waals surface area contributed by atoms with Crippen LogP contribution >= 0.6 is 11.6 Å². The number of methoxy groups -OCH3 is 1. The number of nitrogens with zero attached hydrogens (tertiary/aromatic N) is 2. The van der Waals surface area contributed by atoms with Gasteiger partial charge in [-0.05, 0) is 84.1 Å². The van der Waals surface area contributed by atoms with Crippen LogP contribution in [0.3, 0.4) is 0 Å². The van der Waals surface area contributed by atoms with Crippen molar-refractivity contribution in [2.45, 2.75) is 45.4 Å². The number of halogens is 1. The first kappa shape index (κ1) is 25.9. The molecule has 0 bridgehead atoms. The summed E-state index contributed by atoms with van der Waals surface area (Å²) in [5, 5.41) is 10.7. The third kappa shape index (κ3) is 5.01. The Morgan fingerprint density at radius 1 is 1.08 bits per heavy atom. The maximum atomic E-state index is 13.7. The van der Waals surface area contributed by atoms with Crippen LogP contribution < -0.4 is 19.3 Å². The lowest BCUT2D eigenvalue weighted by Gasteiger charge is -2.39. The number of carbonyl (C=O) groups is 1. The van der Waals surface area contributed by atoms with Crippen molar-refractivity contribution in [3.8, 4) is 11.5 Å². The Hall–Kier alpha value is -3.22. The van der Waals surface area contributed by atoms with Crippen LogP contribution in [-0.4, -0.2) is 38.3 Å². The summed E-state index contributed by atoms with van der Waals surface area (Å²) in [6.07, 6.45) is 1.07. The highest BCUT2D eigenvalue weighted by molar-refractivity contribution is 6.30. The molecule has 0 fully saturated rings. The number of hydrogen-bond acceptors (Lipinski definition) is 5. The zero-order valence-electron chi connectivity index (χ0n) is 21.4. The Morgan fingerprint density at radius 2 is 1.81 bits per heavy atom. The molecule has 0 saturated carbocycles. The fourth-order valence-corrected chi connectivity index (χ4v) is 4.79. The van der Waals surface area contributed by atoms with Crippen molar-refractivity contribution in [2.24, 2.45) is 0 Å². The van der Waals surface area contributed by atoms with E-state index in [4.69, 9.17) is 21.1 Å². The number of ether oxygens (including phenoxy) is 2. The first-order valence-corrected chi connectivity index (χ1v) is 12.5. The third-order valence-corrected chi connectivity index (χ3v) is 6.94. The molecule has 7 heteroatoms. The summed E-state index contributed by atoms with van der Waals surface area (Å²) in [6, 6.07) is 16.8. The second-order valence-electron chi connectivity index (χ2n) is 9.29. The fourth-order valence-electron chi connectivity index (χ4n) is 4.60.